The molecule has 0 atom stereocenters. The number of aryl methyl sites for hydroxylation is 6. The largest absolute Gasteiger partial charge is 0.295 e. The fourth-order valence-electron chi connectivity index (χ4n) is 13.3. The Morgan fingerprint density at radius 1 is 0.296 bits per heavy atom. The number of pyridine rings is 2. The van der Waals surface area contributed by atoms with Gasteiger partial charge >= 0.3 is 0 Å². The molecule has 580 valence electrons. The summed E-state index contributed by atoms with van der Waals surface area (Å²) >= 11 is 0. The van der Waals surface area contributed by atoms with Gasteiger partial charge in [-0.15, -0.1) is 0 Å². The average molecular weight is 1460 g/mol. The van der Waals surface area contributed by atoms with Gasteiger partial charge in [0.15, 0.2) is 22.1 Å². The second kappa shape index (κ2) is 53.0. The molecular formula is C100H144N8+4. The molecule has 16 rings (SSSR count). The van der Waals surface area contributed by atoms with Gasteiger partial charge in [-0.25, -0.2) is 18.6 Å². The minimum absolute atomic E-state index is 1.05. The van der Waals surface area contributed by atoms with Crippen LogP contribution in [0.15, 0.2) is 243 Å². The summed E-state index contributed by atoms with van der Waals surface area (Å²) in [7, 11) is 8.67. The van der Waals surface area contributed by atoms with E-state index in [1.54, 1.807) is 0 Å². The molecule has 4 aromatic heterocycles. The Balaban J connectivity index is 0.000000659. The van der Waals surface area contributed by atoms with Crippen molar-refractivity contribution in [1.29, 1.82) is 0 Å². The van der Waals surface area contributed by atoms with Crippen LogP contribution in [-0.4, -0.2) is 53.1 Å². The smallest absolute Gasteiger partial charge is 0.260 e. The maximum Gasteiger partial charge on any atom is 0.295 e. The average Bonchev–Trinajstić information content (AvgIpc) is 1.51. The highest BCUT2D eigenvalue weighted by Gasteiger charge is 2.33. The number of amidine groups is 1. The molecule has 10 aromatic carbocycles. The predicted octanol–water partition coefficient (Wildman–Crippen LogP) is 27.2. The Hall–Kier alpha value is -9.92. The summed E-state index contributed by atoms with van der Waals surface area (Å²) in [5.41, 5.74) is 19.2. The standard InChI is InChI=1S/C21H17N2.C21H19N2.C17H17N2.C17H19N2.12C2H6/c1-14-8-7-10-16-15-9-3-4-11-17(15)23-19-13-6-5-12-18(19)22(2)21(23)20(14)16;1-16-10-6-7-13-18(16)21-22(2)19-14-8-9-15-20(19)23(21)17-11-4-3-5-12-17;1-12-6-5-8-14-13-7-3-4-9-15(13)19-11-10-18(2)17(19)16(12)14;1-14-8-6-7-11-16(14)17-18(2)12-13-19(17)15-9-4-3-5-10-15;12*1-2/h3-13H,1-2H3;3-15H,1-2H3;3-9H,10-11H2,1-2H3;3-11H,12-13H2,1-2H3;12*1-2H3/q4*+1;;;;;;;;;;;;. The van der Waals surface area contributed by atoms with E-state index in [9.17, 15) is 0 Å². The maximum absolute atomic E-state index is 2.46. The van der Waals surface area contributed by atoms with Crippen molar-refractivity contribution >= 4 is 88.4 Å². The molecule has 2 aliphatic heterocycles. The lowest BCUT2D eigenvalue weighted by atomic mass is 10.0. The fraction of sp³-hybridized carbons (Fsp3) is 0.360. The van der Waals surface area contributed by atoms with Crippen LogP contribution in [0, 0.1) is 27.7 Å². The lowest BCUT2D eigenvalue weighted by molar-refractivity contribution is -0.643. The lowest BCUT2D eigenvalue weighted by Gasteiger charge is -2.14. The van der Waals surface area contributed by atoms with Crippen molar-refractivity contribution < 1.29 is 18.3 Å². The third-order valence-corrected chi connectivity index (χ3v) is 17.3. The maximum atomic E-state index is 2.46. The first-order valence-electron chi connectivity index (χ1n) is 41.4. The zero-order valence-electron chi connectivity index (χ0n) is 73.5. The molecule has 6 heterocycles. The number of likely N-dealkylation sites (N-methyl/N-ethyl adjacent to an activating group) is 2. The van der Waals surface area contributed by atoms with E-state index in [0.717, 1.165) is 26.2 Å². The third-order valence-electron chi connectivity index (χ3n) is 17.3. The van der Waals surface area contributed by atoms with Crippen molar-refractivity contribution in [2.75, 3.05) is 43.5 Å². The van der Waals surface area contributed by atoms with Gasteiger partial charge < -0.3 is 0 Å². The molecule has 0 aliphatic carbocycles. The highest BCUT2D eigenvalue weighted by Crippen LogP contribution is 2.36. The van der Waals surface area contributed by atoms with Crippen LogP contribution in [0.1, 0.15) is 194 Å². The third kappa shape index (κ3) is 22.1. The van der Waals surface area contributed by atoms with Crippen LogP contribution in [0.5, 0.6) is 0 Å². The number of hydrogen-bond acceptors (Lipinski definition) is 2. The van der Waals surface area contributed by atoms with Crippen LogP contribution in [0.3, 0.4) is 0 Å². The number of benzene rings is 10. The van der Waals surface area contributed by atoms with E-state index in [1.807, 2.05) is 166 Å². The van der Waals surface area contributed by atoms with Crippen molar-refractivity contribution in [3.8, 4) is 17.1 Å². The Morgan fingerprint density at radius 3 is 1.19 bits per heavy atom. The van der Waals surface area contributed by atoms with Crippen molar-refractivity contribution in [3.05, 3.63) is 270 Å². The van der Waals surface area contributed by atoms with Crippen molar-refractivity contribution in [2.24, 2.45) is 14.1 Å². The van der Waals surface area contributed by atoms with Crippen molar-refractivity contribution in [1.82, 2.24) is 8.97 Å². The molecule has 0 saturated carbocycles. The number of aromatic nitrogens is 5. The molecule has 0 bridgehead atoms. The van der Waals surface area contributed by atoms with Gasteiger partial charge in [-0.2, -0.15) is 8.97 Å². The molecule has 0 fully saturated rings. The number of hydrogen-bond donors (Lipinski definition) is 0. The SMILES string of the molecule is CC.CC.CC.CC.CC.CC.CC.CC.CC.CC.CC.CC.Cc1cccc2c1c1[n+](c3ccccc23)CCN1C.Cc1cccc2c3ccccc3n3c4ccccc4[n+](C)c3c12.Cc1ccccc1-c1n(-c2ccccc2)c2ccccc2[n+]1C.Cc1ccccc1C1=[N+](C)CCN1c1ccccc1. The van der Waals surface area contributed by atoms with Gasteiger partial charge in [-0.1, -0.05) is 336 Å². The molecule has 0 spiro atoms. The summed E-state index contributed by atoms with van der Waals surface area (Å²) < 4.78 is 14.2. The molecule has 0 unspecified atom stereocenters. The van der Waals surface area contributed by atoms with E-state index in [2.05, 4.69) is 336 Å². The molecule has 8 heteroatoms. The molecule has 8 nitrogen and oxygen atoms in total. The predicted molar refractivity (Wildman–Crippen MR) is 486 cm³/mol. The van der Waals surface area contributed by atoms with Gasteiger partial charge in [-0.3, -0.25) is 9.48 Å². The molecule has 2 aliphatic rings. The Bertz CT molecular complexity index is 4840. The molecule has 0 saturated heterocycles. The first-order valence-corrected chi connectivity index (χ1v) is 41.4. The van der Waals surface area contributed by atoms with Crippen molar-refractivity contribution in [3.63, 3.8) is 0 Å². The Kier molecular flexibility index (Phi) is 47.1. The van der Waals surface area contributed by atoms with E-state index in [4.69, 9.17) is 0 Å². The van der Waals surface area contributed by atoms with Crippen molar-refractivity contribution in [2.45, 2.75) is 200 Å². The second-order valence-electron chi connectivity index (χ2n) is 22.5. The highest BCUT2D eigenvalue weighted by molar-refractivity contribution is 6.14. The van der Waals surface area contributed by atoms with Gasteiger partial charge in [0, 0.05) is 21.5 Å². The van der Waals surface area contributed by atoms with Gasteiger partial charge in [0.05, 0.1) is 50.1 Å². The fourth-order valence-corrected chi connectivity index (χ4v) is 13.3. The van der Waals surface area contributed by atoms with Crippen LogP contribution in [0.25, 0.3) is 88.1 Å². The zero-order valence-corrected chi connectivity index (χ0v) is 73.5. The summed E-state index contributed by atoms with van der Waals surface area (Å²) in [4.78, 5) is 4.78. The minimum Gasteiger partial charge on any atom is -0.260 e. The zero-order chi connectivity index (χ0) is 81.6. The van der Waals surface area contributed by atoms with Crippen LogP contribution in [0.4, 0.5) is 11.5 Å². The Morgan fingerprint density at radius 2 is 0.676 bits per heavy atom. The van der Waals surface area contributed by atoms with Crippen LogP contribution >= 0.6 is 0 Å². The number of fused-ring (bicyclic) bond motifs is 15. The Labute approximate surface area is 657 Å². The van der Waals surface area contributed by atoms with Crippen LogP contribution in [-0.2, 0) is 20.6 Å². The first-order chi connectivity index (χ1) is 53.1. The molecule has 0 N–H and O–H groups in total. The van der Waals surface area contributed by atoms with Gasteiger partial charge in [0.1, 0.15) is 48.6 Å². The topological polar surface area (TPSA) is 30.5 Å². The quantitative estimate of drug-likeness (QED) is 0.130. The first kappa shape index (κ1) is 96.1. The summed E-state index contributed by atoms with van der Waals surface area (Å²) in [5, 5.41) is 8.11. The highest BCUT2D eigenvalue weighted by atomic mass is 15.3. The van der Waals surface area contributed by atoms with E-state index < -0.39 is 0 Å². The van der Waals surface area contributed by atoms with Crippen LogP contribution in [0.2, 0.25) is 0 Å². The summed E-state index contributed by atoms with van der Waals surface area (Å²) in [6, 6.07) is 86.2. The van der Waals surface area contributed by atoms with E-state index in [0.29, 0.717) is 0 Å². The van der Waals surface area contributed by atoms with E-state index in [-0.39, 0.29) is 0 Å². The van der Waals surface area contributed by atoms with Gasteiger partial charge in [-0.05, 0) is 123 Å². The summed E-state index contributed by atoms with van der Waals surface area (Å²) in [6.45, 7) is 61.1. The van der Waals surface area contributed by atoms with Crippen LogP contribution < -0.4 is 23.5 Å². The number of imidazole rings is 2. The molecule has 14 aromatic rings. The number of nitrogens with zero attached hydrogens (tertiary/aromatic N) is 8. The molecule has 108 heavy (non-hydrogen) atoms. The molecular weight excluding hydrogens is 1310 g/mol. The van der Waals surface area contributed by atoms with E-state index in [1.165, 1.54) is 133 Å². The van der Waals surface area contributed by atoms with Gasteiger partial charge in [0.2, 0.25) is 0 Å². The van der Waals surface area contributed by atoms with Gasteiger partial charge in [0.25, 0.3) is 23.1 Å². The lowest BCUT2D eigenvalue weighted by Crippen LogP contribution is -2.32. The molecule has 0 radical (unpaired) electrons. The summed E-state index contributed by atoms with van der Waals surface area (Å²) in [6.07, 6.45) is 0. The van der Waals surface area contributed by atoms with E-state index >= 15 is 0 Å². The number of para-hydroxylation sites is 8. The summed E-state index contributed by atoms with van der Waals surface area (Å²) in [5.74, 6) is 3.88. The molecule has 0 amide bonds. The second-order valence-corrected chi connectivity index (χ2v) is 22.5. The monoisotopic (exact) mass is 1460 g/mol. The normalized spacial score (nSPS) is 10.7. The number of rotatable bonds is 4. The minimum atomic E-state index is 1.05. The number of anilines is 2.